The number of halogens is 1. The smallest absolute Gasteiger partial charge is 0.344 e. The first kappa shape index (κ1) is 20.8. The van der Waals surface area contributed by atoms with Gasteiger partial charge in [0.2, 0.25) is 0 Å². The normalized spacial score (nSPS) is 16.2. The maximum atomic E-state index is 13.5. The molecular weight excluding hydrogens is 417 g/mol. The molecule has 2 aromatic carbocycles. The van der Waals surface area contributed by atoms with Crippen LogP contribution >= 0.6 is 24.0 Å². The quantitative estimate of drug-likeness (QED) is 0.543. The fourth-order valence-electron chi connectivity index (χ4n) is 2.57. The largest absolute Gasteiger partial charge is 0.493 e. The molecule has 150 valence electrons. The molecule has 0 bridgehead atoms. The fraction of sp³-hybridized carbons (Fsp3) is 0.150. The highest BCUT2D eigenvalue weighted by Gasteiger charge is 2.33. The monoisotopic (exact) mass is 433 g/mol. The van der Waals surface area contributed by atoms with Crippen LogP contribution in [0.15, 0.2) is 47.4 Å². The van der Waals surface area contributed by atoms with Gasteiger partial charge < -0.3 is 14.6 Å². The fourth-order valence-corrected chi connectivity index (χ4v) is 3.87. The van der Waals surface area contributed by atoms with Gasteiger partial charge in [-0.05, 0) is 48.9 Å². The van der Waals surface area contributed by atoms with Gasteiger partial charge in [-0.15, -0.1) is 0 Å². The molecule has 0 spiro atoms. The molecule has 0 aliphatic carbocycles. The maximum absolute atomic E-state index is 13.5. The van der Waals surface area contributed by atoms with Gasteiger partial charge >= 0.3 is 5.97 Å². The molecule has 0 saturated carbocycles. The minimum absolute atomic E-state index is 0.270. The third-order valence-corrected chi connectivity index (χ3v) is 5.30. The molecule has 0 radical (unpaired) electrons. The van der Waals surface area contributed by atoms with E-state index in [-0.39, 0.29) is 11.7 Å². The van der Waals surface area contributed by atoms with Gasteiger partial charge in [-0.25, -0.2) is 9.18 Å². The van der Waals surface area contributed by atoms with Gasteiger partial charge in [0, 0.05) is 0 Å². The number of thioether (sulfide) groups is 1. The summed E-state index contributed by atoms with van der Waals surface area (Å²) >= 11 is 6.39. The summed E-state index contributed by atoms with van der Waals surface area (Å²) in [5.41, 5.74) is 0.997. The van der Waals surface area contributed by atoms with Crippen LogP contribution in [-0.4, -0.2) is 34.5 Å². The predicted octanol–water partition coefficient (Wildman–Crippen LogP) is 4.09. The molecule has 1 N–H and O–H groups in total. The molecule has 2 aromatic rings. The summed E-state index contributed by atoms with van der Waals surface area (Å²) in [6.45, 7) is 1.41. The van der Waals surface area contributed by atoms with Crippen LogP contribution in [0.1, 0.15) is 12.5 Å². The number of rotatable bonds is 6. The molecular formula is C20H16FNO5S2. The van der Waals surface area contributed by atoms with Crippen molar-refractivity contribution in [2.24, 2.45) is 0 Å². The summed E-state index contributed by atoms with van der Waals surface area (Å²) in [5.74, 6) is -1.32. The number of amides is 1. The second-order valence-electron chi connectivity index (χ2n) is 6.01. The number of benzene rings is 2. The summed E-state index contributed by atoms with van der Waals surface area (Å²) in [4.78, 5) is 25.4. The van der Waals surface area contributed by atoms with Crippen molar-refractivity contribution >= 4 is 51.9 Å². The molecule has 6 nitrogen and oxygen atoms in total. The number of carboxylic acids is 1. The molecule has 1 atom stereocenters. The van der Waals surface area contributed by atoms with Crippen LogP contribution in [0.3, 0.4) is 0 Å². The summed E-state index contributed by atoms with van der Waals surface area (Å²) in [6.07, 6.45) is 0.586. The minimum Gasteiger partial charge on any atom is -0.493 e. The zero-order valence-corrected chi connectivity index (χ0v) is 17.1. The topological polar surface area (TPSA) is 76.1 Å². The third kappa shape index (κ3) is 4.57. The number of anilines is 1. The molecule has 9 heteroatoms. The number of hydrogen-bond acceptors (Lipinski definition) is 6. The lowest BCUT2D eigenvalue weighted by Crippen LogP contribution is -2.27. The Kier molecular flexibility index (Phi) is 6.19. The summed E-state index contributed by atoms with van der Waals surface area (Å²) in [6, 6.07) is 10.5. The van der Waals surface area contributed by atoms with Crippen molar-refractivity contribution in [3.8, 4) is 11.5 Å². The first-order valence-corrected chi connectivity index (χ1v) is 9.63. The summed E-state index contributed by atoms with van der Waals surface area (Å²) in [5, 5.41) is 8.99. The van der Waals surface area contributed by atoms with Crippen molar-refractivity contribution in [1.82, 2.24) is 0 Å². The number of carbonyl (C=O) groups is 2. The number of nitrogens with zero attached hydrogens (tertiary/aromatic N) is 1. The van der Waals surface area contributed by atoms with Gasteiger partial charge in [0.25, 0.3) is 5.91 Å². The maximum Gasteiger partial charge on any atom is 0.344 e. The predicted molar refractivity (Wildman–Crippen MR) is 113 cm³/mol. The first-order valence-electron chi connectivity index (χ1n) is 8.41. The lowest BCUT2D eigenvalue weighted by Gasteiger charge is -2.14. The summed E-state index contributed by atoms with van der Waals surface area (Å²) < 4.78 is 24.4. The number of aliphatic carboxylic acids is 1. The standard InChI is InChI=1S/C20H16FNO5S2/c1-11(19(24)25)27-15-7-6-12(8-16(15)26-2)9-17-18(23)22(20(28)29-17)14-5-3-4-13(21)10-14/h3-11H,1-2H3,(H,24,25)/b17-9+. The molecule has 1 aliphatic heterocycles. The van der Waals surface area contributed by atoms with Crippen molar-refractivity contribution in [3.63, 3.8) is 0 Å². The molecule has 1 fully saturated rings. The highest BCUT2D eigenvalue weighted by atomic mass is 32.2. The van der Waals surface area contributed by atoms with Crippen LogP contribution in [0.2, 0.25) is 0 Å². The first-order chi connectivity index (χ1) is 13.8. The van der Waals surface area contributed by atoms with Crippen molar-refractivity contribution in [2.45, 2.75) is 13.0 Å². The van der Waals surface area contributed by atoms with Crippen LogP contribution < -0.4 is 14.4 Å². The van der Waals surface area contributed by atoms with E-state index in [0.29, 0.717) is 26.2 Å². The van der Waals surface area contributed by atoms with Gasteiger partial charge in [0.15, 0.2) is 21.9 Å². The Hall–Kier alpha value is -2.91. The Morgan fingerprint density at radius 1 is 1.28 bits per heavy atom. The molecule has 1 amide bonds. The Bertz CT molecular complexity index is 1020. The van der Waals surface area contributed by atoms with Crippen LogP contribution in [0.4, 0.5) is 10.1 Å². The van der Waals surface area contributed by atoms with E-state index >= 15 is 0 Å². The Balaban J connectivity index is 1.87. The Labute approximate surface area is 175 Å². The number of carboxylic acid groups (broad SMARTS) is 1. The molecule has 0 aromatic heterocycles. The van der Waals surface area contributed by atoms with E-state index in [1.807, 2.05) is 0 Å². The highest BCUT2D eigenvalue weighted by Crippen LogP contribution is 2.37. The molecule has 3 rings (SSSR count). The number of hydrogen-bond donors (Lipinski definition) is 1. The van der Waals surface area contributed by atoms with E-state index in [1.54, 1.807) is 30.3 Å². The number of carbonyl (C=O) groups excluding carboxylic acids is 1. The molecule has 1 heterocycles. The van der Waals surface area contributed by atoms with Crippen LogP contribution in [-0.2, 0) is 9.59 Å². The van der Waals surface area contributed by atoms with E-state index in [1.165, 1.54) is 37.1 Å². The van der Waals surface area contributed by atoms with Gasteiger partial charge in [-0.3, -0.25) is 9.69 Å². The minimum atomic E-state index is -1.10. The number of methoxy groups -OCH3 is 1. The number of ether oxygens (including phenoxy) is 2. The van der Waals surface area contributed by atoms with E-state index in [4.69, 9.17) is 26.8 Å². The SMILES string of the molecule is COc1cc(/C=C2/SC(=S)N(c3cccc(F)c3)C2=O)ccc1OC(C)C(=O)O. The van der Waals surface area contributed by atoms with E-state index in [0.717, 1.165) is 11.8 Å². The van der Waals surface area contributed by atoms with Gasteiger partial charge in [0.1, 0.15) is 5.82 Å². The van der Waals surface area contributed by atoms with E-state index in [9.17, 15) is 14.0 Å². The van der Waals surface area contributed by atoms with Crippen molar-refractivity contribution in [3.05, 3.63) is 58.8 Å². The molecule has 1 saturated heterocycles. The van der Waals surface area contributed by atoms with Crippen LogP contribution in [0, 0.1) is 5.82 Å². The molecule has 1 aliphatic rings. The lowest BCUT2D eigenvalue weighted by molar-refractivity contribution is -0.144. The van der Waals surface area contributed by atoms with E-state index < -0.39 is 17.9 Å². The van der Waals surface area contributed by atoms with Gasteiger partial charge in [-0.1, -0.05) is 36.1 Å². The van der Waals surface area contributed by atoms with Gasteiger partial charge in [0.05, 0.1) is 17.7 Å². The summed E-state index contributed by atoms with van der Waals surface area (Å²) in [7, 11) is 1.43. The average molecular weight is 433 g/mol. The Morgan fingerprint density at radius 2 is 2.03 bits per heavy atom. The van der Waals surface area contributed by atoms with E-state index in [2.05, 4.69) is 0 Å². The zero-order chi connectivity index (χ0) is 21.1. The van der Waals surface area contributed by atoms with Crippen molar-refractivity contribution in [1.29, 1.82) is 0 Å². The average Bonchev–Trinajstić information content (AvgIpc) is 2.95. The number of thiocarbonyl (C=S) groups is 1. The zero-order valence-electron chi connectivity index (χ0n) is 15.4. The van der Waals surface area contributed by atoms with Crippen LogP contribution in [0.5, 0.6) is 11.5 Å². The second kappa shape index (κ2) is 8.62. The van der Waals surface area contributed by atoms with Crippen LogP contribution in [0.25, 0.3) is 6.08 Å². The third-order valence-electron chi connectivity index (χ3n) is 4.00. The van der Waals surface area contributed by atoms with Crippen molar-refractivity contribution in [2.75, 3.05) is 12.0 Å². The second-order valence-corrected chi connectivity index (χ2v) is 7.68. The molecule has 1 unspecified atom stereocenters. The van der Waals surface area contributed by atoms with Crippen molar-refractivity contribution < 1.29 is 28.6 Å². The van der Waals surface area contributed by atoms with Gasteiger partial charge in [-0.2, -0.15) is 0 Å². The molecule has 29 heavy (non-hydrogen) atoms. The lowest BCUT2D eigenvalue weighted by atomic mass is 10.1. The highest BCUT2D eigenvalue weighted by molar-refractivity contribution is 8.27. The Morgan fingerprint density at radius 3 is 2.69 bits per heavy atom.